The van der Waals surface area contributed by atoms with E-state index < -0.39 is 12.3 Å². The molecule has 1 N–H and O–H groups in total. The zero-order chi connectivity index (χ0) is 10.4. The van der Waals surface area contributed by atoms with Crippen LogP contribution in [0.25, 0.3) is 0 Å². The fourth-order valence-electron chi connectivity index (χ4n) is 0.971. The predicted octanol–water partition coefficient (Wildman–Crippen LogP) is 1.80. The summed E-state index contributed by atoms with van der Waals surface area (Å²) in [5.41, 5.74) is 0.561. The van der Waals surface area contributed by atoms with Crippen molar-refractivity contribution in [2.75, 3.05) is 0 Å². The Bertz CT molecular complexity index is 317. The molecule has 0 aliphatic heterocycles. The van der Waals surface area contributed by atoms with Gasteiger partial charge in [0.2, 0.25) is 6.29 Å². The van der Waals surface area contributed by atoms with Crippen LogP contribution in [0.2, 0.25) is 0 Å². The third kappa shape index (κ3) is 3.03. The van der Waals surface area contributed by atoms with Crippen LogP contribution >= 0.6 is 0 Å². The third-order valence-corrected chi connectivity index (χ3v) is 1.62. The molecule has 1 aromatic rings. The van der Waals surface area contributed by atoms with Gasteiger partial charge in [0, 0.05) is 11.6 Å². The molecule has 0 saturated carbocycles. The van der Waals surface area contributed by atoms with Crippen molar-refractivity contribution >= 4 is 5.97 Å². The summed E-state index contributed by atoms with van der Waals surface area (Å²) >= 11 is 0. The van der Waals surface area contributed by atoms with Crippen molar-refractivity contribution in [1.82, 2.24) is 0 Å². The molecule has 0 heterocycles. The Morgan fingerprint density at radius 3 is 2.64 bits per heavy atom. The second-order valence-electron chi connectivity index (χ2n) is 2.70. The molecule has 0 spiro atoms. The van der Waals surface area contributed by atoms with Crippen molar-refractivity contribution in [3.63, 3.8) is 0 Å². The average Bonchev–Trinajstić information content (AvgIpc) is 2.19. The average molecular weight is 192 g/mol. The number of aliphatic hydroxyl groups excluding tert-OH is 1. The van der Waals surface area contributed by atoms with Gasteiger partial charge in [0.05, 0.1) is 0 Å². The highest BCUT2D eigenvalue weighted by Gasteiger charge is 2.09. The summed E-state index contributed by atoms with van der Waals surface area (Å²) in [6.45, 7) is 1.70. The van der Waals surface area contributed by atoms with Gasteiger partial charge in [-0.15, -0.1) is 0 Å². The van der Waals surface area contributed by atoms with Gasteiger partial charge >= 0.3 is 5.97 Å². The predicted molar refractivity (Wildman–Crippen MR) is 52.3 cm³/mol. The third-order valence-electron chi connectivity index (χ3n) is 1.62. The molecule has 0 fully saturated rings. The van der Waals surface area contributed by atoms with Gasteiger partial charge in [-0.05, 0) is 6.92 Å². The lowest BCUT2D eigenvalue weighted by atomic mass is 10.2. The summed E-state index contributed by atoms with van der Waals surface area (Å²) in [5.74, 6) is -0.552. The maximum atomic E-state index is 11.0. The maximum absolute atomic E-state index is 11.0. The van der Waals surface area contributed by atoms with Crippen LogP contribution in [-0.2, 0) is 9.53 Å². The lowest BCUT2D eigenvalue weighted by Crippen LogP contribution is -2.08. The van der Waals surface area contributed by atoms with Crippen molar-refractivity contribution in [1.29, 1.82) is 0 Å². The van der Waals surface area contributed by atoms with Gasteiger partial charge in [-0.3, -0.25) is 0 Å². The van der Waals surface area contributed by atoms with E-state index in [0.717, 1.165) is 0 Å². The Labute approximate surface area is 82.6 Å². The second kappa shape index (κ2) is 5.19. The van der Waals surface area contributed by atoms with E-state index in [2.05, 4.69) is 0 Å². The van der Waals surface area contributed by atoms with E-state index in [-0.39, 0.29) is 0 Å². The van der Waals surface area contributed by atoms with Gasteiger partial charge in [0.15, 0.2) is 0 Å². The van der Waals surface area contributed by atoms with Gasteiger partial charge in [-0.25, -0.2) is 4.79 Å². The fraction of sp³-hybridized carbons (Fsp3) is 0.182. The summed E-state index contributed by atoms with van der Waals surface area (Å²) in [4.78, 5) is 11.0. The van der Waals surface area contributed by atoms with E-state index in [1.165, 1.54) is 6.08 Å². The van der Waals surface area contributed by atoms with Gasteiger partial charge < -0.3 is 9.84 Å². The lowest BCUT2D eigenvalue weighted by Gasteiger charge is -2.10. The molecular weight excluding hydrogens is 180 g/mol. The standard InChI is InChI=1S/C11H12O3/c1-2-6-10(12)14-11(13)9-7-4-3-5-8-9/h2-8,11,13H,1H3/b6-2+. The minimum Gasteiger partial charge on any atom is -0.428 e. The van der Waals surface area contributed by atoms with Gasteiger partial charge in [0.1, 0.15) is 0 Å². The molecule has 0 aliphatic carbocycles. The zero-order valence-electron chi connectivity index (χ0n) is 7.88. The van der Waals surface area contributed by atoms with E-state index in [1.807, 2.05) is 6.07 Å². The molecule has 0 saturated heterocycles. The summed E-state index contributed by atoms with van der Waals surface area (Å²) in [6.07, 6.45) is 1.62. The number of hydrogen-bond donors (Lipinski definition) is 1. The van der Waals surface area contributed by atoms with Crippen molar-refractivity contribution in [2.45, 2.75) is 13.2 Å². The molecule has 14 heavy (non-hydrogen) atoms. The van der Waals surface area contributed by atoms with E-state index in [0.29, 0.717) is 5.56 Å². The summed E-state index contributed by atoms with van der Waals surface area (Å²) in [7, 11) is 0. The largest absolute Gasteiger partial charge is 0.428 e. The number of ether oxygens (including phenoxy) is 1. The van der Waals surface area contributed by atoms with Gasteiger partial charge in [-0.2, -0.15) is 0 Å². The molecule has 3 heteroatoms. The molecule has 0 aromatic heterocycles. The normalized spacial score (nSPS) is 12.7. The zero-order valence-corrected chi connectivity index (χ0v) is 7.88. The topological polar surface area (TPSA) is 46.5 Å². The number of carbonyl (C=O) groups is 1. The molecule has 0 radical (unpaired) electrons. The quantitative estimate of drug-likeness (QED) is 0.451. The number of benzene rings is 1. The minimum atomic E-state index is -1.19. The van der Waals surface area contributed by atoms with Crippen LogP contribution in [0.1, 0.15) is 18.8 Å². The second-order valence-corrected chi connectivity index (χ2v) is 2.70. The number of rotatable bonds is 3. The summed E-state index contributed by atoms with van der Waals surface area (Å²) in [5, 5.41) is 9.44. The first-order valence-electron chi connectivity index (χ1n) is 4.30. The van der Waals surface area contributed by atoms with E-state index in [1.54, 1.807) is 37.3 Å². The molecule has 0 aliphatic rings. The Kier molecular flexibility index (Phi) is 3.88. The SMILES string of the molecule is C/C=C/C(=O)OC(O)c1ccccc1. The Morgan fingerprint density at radius 2 is 2.07 bits per heavy atom. The lowest BCUT2D eigenvalue weighted by molar-refractivity contribution is -0.162. The Balaban J connectivity index is 2.59. The molecule has 0 bridgehead atoms. The van der Waals surface area contributed by atoms with Crippen molar-refractivity contribution in [3.8, 4) is 0 Å². The first kappa shape index (κ1) is 10.5. The highest BCUT2D eigenvalue weighted by atomic mass is 16.6. The van der Waals surface area contributed by atoms with Crippen molar-refractivity contribution in [3.05, 3.63) is 48.0 Å². The molecule has 1 unspecified atom stereocenters. The summed E-state index contributed by atoms with van der Waals surface area (Å²) < 4.78 is 4.71. The molecule has 74 valence electrons. The molecule has 1 atom stereocenters. The van der Waals surface area contributed by atoms with E-state index >= 15 is 0 Å². The molecular formula is C11H12O3. The van der Waals surface area contributed by atoms with Crippen LogP contribution in [-0.4, -0.2) is 11.1 Å². The number of esters is 1. The smallest absolute Gasteiger partial charge is 0.332 e. The Hall–Kier alpha value is -1.61. The molecule has 0 amide bonds. The van der Waals surface area contributed by atoms with Gasteiger partial charge in [-0.1, -0.05) is 36.4 Å². The van der Waals surface area contributed by atoms with E-state index in [4.69, 9.17) is 4.74 Å². The molecule has 3 nitrogen and oxygen atoms in total. The Morgan fingerprint density at radius 1 is 1.43 bits per heavy atom. The monoisotopic (exact) mass is 192 g/mol. The number of allylic oxidation sites excluding steroid dienone is 1. The first-order chi connectivity index (χ1) is 6.74. The first-order valence-corrected chi connectivity index (χ1v) is 4.30. The van der Waals surface area contributed by atoms with Crippen LogP contribution in [0.15, 0.2) is 42.5 Å². The van der Waals surface area contributed by atoms with Crippen molar-refractivity contribution < 1.29 is 14.6 Å². The maximum Gasteiger partial charge on any atom is 0.332 e. The van der Waals surface area contributed by atoms with Gasteiger partial charge in [0.25, 0.3) is 0 Å². The summed E-state index contributed by atoms with van der Waals surface area (Å²) in [6, 6.07) is 8.73. The number of aliphatic hydroxyl groups is 1. The van der Waals surface area contributed by atoms with Crippen LogP contribution in [0, 0.1) is 0 Å². The number of hydrogen-bond acceptors (Lipinski definition) is 3. The molecule has 1 rings (SSSR count). The van der Waals surface area contributed by atoms with Crippen LogP contribution in [0.5, 0.6) is 0 Å². The fourth-order valence-corrected chi connectivity index (χ4v) is 0.971. The minimum absolute atomic E-state index is 0.552. The number of carbonyl (C=O) groups excluding carboxylic acids is 1. The highest BCUT2D eigenvalue weighted by Crippen LogP contribution is 2.13. The van der Waals surface area contributed by atoms with E-state index in [9.17, 15) is 9.90 Å². The van der Waals surface area contributed by atoms with Crippen LogP contribution in [0.3, 0.4) is 0 Å². The van der Waals surface area contributed by atoms with Crippen molar-refractivity contribution in [2.24, 2.45) is 0 Å². The van der Waals surface area contributed by atoms with Crippen LogP contribution < -0.4 is 0 Å². The molecule has 1 aromatic carbocycles. The highest BCUT2D eigenvalue weighted by molar-refractivity contribution is 5.81. The van der Waals surface area contributed by atoms with Crippen LogP contribution in [0.4, 0.5) is 0 Å².